The van der Waals surface area contributed by atoms with Gasteiger partial charge in [0.25, 0.3) is 0 Å². The normalized spacial score (nSPS) is 29.1. The molecule has 0 bridgehead atoms. The van der Waals surface area contributed by atoms with E-state index >= 15 is 0 Å². The number of anilines is 1. The summed E-state index contributed by atoms with van der Waals surface area (Å²) < 4.78 is 2.84. The summed E-state index contributed by atoms with van der Waals surface area (Å²) >= 11 is 9.62. The largest absolute Gasteiger partial charge is 0.390 e. The summed E-state index contributed by atoms with van der Waals surface area (Å²) in [5.74, 6) is 0.956. The van der Waals surface area contributed by atoms with Crippen LogP contribution in [0.1, 0.15) is 18.0 Å². The Kier molecular flexibility index (Phi) is 4.12. The van der Waals surface area contributed by atoms with E-state index < -0.39 is 12.2 Å². The van der Waals surface area contributed by atoms with Crippen molar-refractivity contribution < 1.29 is 10.2 Å². The number of aliphatic hydroxyl groups is 2. The lowest BCUT2D eigenvalue weighted by molar-refractivity contribution is 0.00386. The molecule has 3 N–H and O–H groups in total. The molecule has 2 aromatic heterocycles. The SMILES string of the molecule is O[C@@H]1[C@H](O)[C@@H]2C[C@@H]2[C@H]1n1cnc2c(NCc3cccc(Br)c3)nc(Cl)nc21. The summed E-state index contributed by atoms with van der Waals surface area (Å²) in [6, 6.07) is 7.74. The smallest absolute Gasteiger partial charge is 0.226 e. The highest BCUT2D eigenvalue weighted by Gasteiger charge is 2.60. The van der Waals surface area contributed by atoms with Crippen LogP contribution in [-0.2, 0) is 6.54 Å². The zero-order valence-electron chi connectivity index (χ0n) is 14.1. The van der Waals surface area contributed by atoms with Crippen LogP contribution in [0.25, 0.3) is 11.2 Å². The van der Waals surface area contributed by atoms with Crippen molar-refractivity contribution in [3.05, 3.63) is 45.9 Å². The van der Waals surface area contributed by atoms with E-state index in [4.69, 9.17) is 11.6 Å². The van der Waals surface area contributed by atoms with Gasteiger partial charge in [-0.15, -0.1) is 0 Å². The van der Waals surface area contributed by atoms with Gasteiger partial charge in [-0.25, -0.2) is 4.98 Å². The predicted octanol–water partition coefficient (Wildman–Crippen LogP) is 2.77. The highest BCUT2D eigenvalue weighted by molar-refractivity contribution is 9.10. The first-order valence-corrected chi connectivity index (χ1v) is 9.94. The molecule has 2 heterocycles. The first kappa shape index (κ1) is 17.4. The molecule has 7 nitrogen and oxygen atoms in total. The van der Waals surface area contributed by atoms with Crippen LogP contribution in [0.3, 0.4) is 0 Å². The summed E-state index contributed by atoms with van der Waals surface area (Å²) in [5, 5.41) is 23.9. The Labute approximate surface area is 168 Å². The molecular weight excluding hydrogens is 434 g/mol. The molecule has 1 aromatic carbocycles. The number of nitrogens with one attached hydrogen (secondary N) is 1. The topological polar surface area (TPSA) is 96.1 Å². The summed E-state index contributed by atoms with van der Waals surface area (Å²) in [6.07, 6.45) is 1.05. The lowest BCUT2D eigenvalue weighted by Crippen LogP contribution is -2.31. The van der Waals surface area contributed by atoms with Crippen molar-refractivity contribution in [1.82, 2.24) is 19.5 Å². The molecule has 0 radical (unpaired) electrons. The lowest BCUT2D eigenvalue weighted by Gasteiger charge is -2.22. The van der Waals surface area contributed by atoms with Gasteiger partial charge >= 0.3 is 0 Å². The Hall–Kier alpha value is -1.74. The van der Waals surface area contributed by atoms with Crippen LogP contribution in [0, 0.1) is 11.8 Å². The zero-order valence-corrected chi connectivity index (χ0v) is 16.5. The van der Waals surface area contributed by atoms with Crippen molar-refractivity contribution in [2.24, 2.45) is 11.8 Å². The van der Waals surface area contributed by atoms with Gasteiger partial charge in [0.15, 0.2) is 17.0 Å². The molecular formula is C18H17BrClN5O2. The van der Waals surface area contributed by atoms with Crippen LogP contribution in [-0.4, -0.2) is 41.9 Å². The number of aliphatic hydroxyl groups excluding tert-OH is 2. The number of hydrogen-bond acceptors (Lipinski definition) is 6. The van der Waals surface area contributed by atoms with E-state index in [0.29, 0.717) is 23.5 Å². The third kappa shape index (κ3) is 2.91. The van der Waals surface area contributed by atoms with Crippen molar-refractivity contribution in [3.8, 4) is 0 Å². The van der Waals surface area contributed by atoms with E-state index in [1.165, 1.54) is 0 Å². The predicted molar refractivity (Wildman–Crippen MR) is 104 cm³/mol. The van der Waals surface area contributed by atoms with Crippen LogP contribution < -0.4 is 5.32 Å². The van der Waals surface area contributed by atoms with Crippen LogP contribution in [0.4, 0.5) is 5.82 Å². The molecule has 27 heavy (non-hydrogen) atoms. The van der Waals surface area contributed by atoms with Gasteiger partial charge < -0.3 is 20.1 Å². The molecule has 9 heteroatoms. The Morgan fingerprint density at radius 2 is 2.07 bits per heavy atom. The van der Waals surface area contributed by atoms with Crippen molar-refractivity contribution in [2.45, 2.75) is 31.2 Å². The summed E-state index contributed by atoms with van der Waals surface area (Å²) in [4.78, 5) is 13.1. The number of aromatic nitrogens is 4. The number of halogens is 2. The van der Waals surface area contributed by atoms with Crippen molar-refractivity contribution >= 4 is 44.5 Å². The summed E-state index contributed by atoms with van der Waals surface area (Å²) in [6.45, 7) is 0.560. The molecule has 2 fully saturated rings. The minimum absolute atomic E-state index is 0.112. The number of benzene rings is 1. The Morgan fingerprint density at radius 1 is 1.22 bits per heavy atom. The molecule has 0 aliphatic heterocycles. The number of fused-ring (bicyclic) bond motifs is 2. The second-order valence-electron chi connectivity index (χ2n) is 7.18. The minimum atomic E-state index is -0.821. The maximum atomic E-state index is 10.4. The molecule has 0 unspecified atom stereocenters. The van der Waals surface area contributed by atoms with E-state index in [9.17, 15) is 10.2 Å². The van der Waals surface area contributed by atoms with Crippen molar-refractivity contribution in [2.75, 3.05) is 5.32 Å². The van der Waals surface area contributed by atoms with Gasteiger partial charge in [0.1, 0.15) is 6.10 Å². The molecule has 5 atom stereocenters. The van der Waals surface area contributed by atoms with Gasteiger partial charge in [0.2, 0.25) is 5.28 Å². The van der Waals surface area contributed by atoms with Crippen LogP contribution in [0.5, 0.6) is 0 Å². The second kappa shape index (κ2) is 6.41. The molecule has 0 saturated heterocycles. The average Bonchev–Trinajstić information content (AvgIpc) is 3.25. The first-order valence-electron chi connectivity index (χ1n) is 8.77. The second-order valence-corrected chi connectivity index (χ2v) is 8.44. The minimum Gasteiger partial charge on any atom is -0.390 e. The highest BCUT2D eigenvalue weighted by atomic mass is 79.9. The number of imidazole rings is 1. The first-order chi connectivity index (χ1) is 13.0. The third-order valence-corrected chi connectivity index (χ3v) is 6.19. The fourth-order valence-electron chi connectivity index (χ4n) is 4.16. The van der Waals surface area contributed by atoms with Gasteiger partial charge in [0.05, 0.1) is 18.5 Å². The number of rotatable bonds is 4. The molecule has 140 valence electrons. The quantitative estimate of drug-likeness (QED) is 0.529. The molecule has 2 saturated carbocycles. The molecule has 3 aromatic rings. The molecule has 5 rings (SSSR count). The lowest BCUT2D eigenvalue weighted by atomic mass is 10.1. The van der Waals surface area contributed by atoms with Crippen molar-refractivity contribution in [1.29, 1.82) is 0 Å². The molecule has 0 amide bonds. The van der Waals surface area contributed by atoms with Crippen molar-refractivity contribution in [3.63, 3.8) is 0 Å². The standard InChI is InChI=1S/C18H17BrClN5O2/c19-9-3-1-2-8(4-9)6-21-16-12-17(24-18(20)23-16)25(7-22-12)13-10-5-11(10)14(26)15(13)27/h1-4,7,10-11,13-15,26-27H,5-6H2,(H,21,23,24)/t10-,11+,13+,14+,15-/m0/s1. The van der Waals surface area contributed by atoms with Gasteiger partial charge in [-0.1, -0.05) is 28.1 Å². The van der Waals surface area contributed by atoms with Gasteiger partial charge in [0, 0.05) is 11.0 Å². The monoisotopic (exact) mass is 449 g/mol. The number of nitrogens with zero attached hydrogens (tertiary/aromatic N) is 4. The Bertz CT molecular complexity index is 1030. The van der Waals surface area contributed by atoms with Gasteiger partial charge in [-0.2, -0.15) is 9.97 Å². The van der Waals surface area contributed by atoms with Gasteiger partial charge in [-0.05, 0) is 47.6 Å². The maximum absolute atomic E-state index is 10.4. The van der Waals surface area contributed by atoms with Crippen LogP contribution in [0.15, 0.2) is 35.1 Å². The maximum Gasteiger partial charge on any atom is 0.226 e. The average molecular weight is 451 g/mol. The van der Waals surface area contributed by atoms with E-state index in [1.807, 2.05) is 28.8 Å². The Morgan fingerprint density at radius 3 is 2.81 bits per heavy atom. The highest BCUT2D eigenvalue weighted by Crippen LogP contribution is 2.57. The van der Waals surface area contributed by atoms with Crippen LogP contribution >= 0.6 is 27.5 Å². The zero-order chi connectivity index (χ0) is 18.7. The van der Waals surface area contributed by atoms with Crippen LogP contribution in [0.2, 0.25) is 5.28 Å². The van der Waals surface area contributed by atoms with E-state index in [0.717, 1.165) is 16.5 Å². The summed E-state index contributed by atoms with van der Waals surface area (Å²) in [5.41, 5.74) is 2.25. The van der Waals surface area contributed by atoms with E-state index in [2.05, 4.69) is 36.2 Å². The summed E-state index contributed by atoms with van der Waals surface area (Å²) in [7, 11) is 0. The van der Waals surface area contributed by atoms with E-state index in [1.54, 1.807) is 6.33 Å². The number of hydrogen-bond donors (Lipinski definition) is 3. The fraction of sp³-hybridized carbons (Fsp3) is 0.389. The van der Waals surface area contributed by atoms with E-state index in [-0.39, 0.29) is 23.2 Å². The van der Waals surface area contributed by atoms with Gasteiger partial charge in [-0.3, -0.25) is 0 Å². The molecule has 0 spiro atoms. The molecule has 2 aliphatic carbocycles. The Balaban J connectivity index is 1.49. The fourth-order valence-corrected chi connectivity index (χ4v) is 4.78. The molecule has 2 aliphatic rings. The third-order valence-electron chi connectivity index (χ3n) is 5.53.